The van der Waals surface area contributed by atoms with Gasteiger partial charge in [0.15, 0.2) is 0 Å². The van der Waals surface area contributed by atoms with Crippen LogP contribution >= 0.6 is 0 Å². The second kappa shape index (κ2) is 10.1. The Morgan fingerprint density at radius 1 is 0.700 bits per heavy atom. The van der Waals surface area contributed by atoms with Gasteiger partial charge in [0, 0.05) is 28.3 Å². The molecular formula is C20H42O6Si4. The van der Waals surface area contributed by atoms with E-state index in [4.69, 9.17) is 14.2 Å². The fraction of sp³-hybridized carbons (Fsp3) is 0.750. The summed E-state index contributed by atoms with van der Waals surface area (Å²) in [6, 6.07) is 0. The molecule has 0 fully saturated rings. The van der Waals surface area contributed by atoms with E-state index in [0.717, 1.165) is 0 Å². The minimum atomic E-state index is -2.42. The summed E-state index contributed by atoms with van der Waals surface area (Å²) in [6.45, 7) is 22.5. The van der Waals surface area contributed by atoms with Crippen LogP contribution in [0.4, 0.5) is 0 Å². The number of carbonyl (C=O) groups excluding carboxylic acids is 3. The molecule has 30 heavy (non-hydrogen) atoms. The van der Waals surface area contributed by atoms with Crippen LogP contribution in [0.5, 0.6) is 0 Å². The van der Waals surface area contributed by atoms with Crippen molar-refractivity contribution < 1.29 is 28.6 Å². The Morgan fingerprint density at radius 3 is 1.33 bits per heavy atom. The lowest BCUT2D eigenvalue weighted by Crippen LogP contribution is -2.86. The lowest BCUT2D eigenvalue weighted by Gasteiger charge is -2.61. The molecule has 10 heteroatoms. The molecule has 6 nitrogen and oxygen atoms in total. The summed E-state index contributed by atoms with van der Waals surface area (Å²) in [6.07, 6.45) is 0.0350. The summed E-state index contributed by atoms with van der Waals surface area (Å²) in [5.41, 5.74) is -0.396. The van der Waals surface area contributed by atoms with E-state index < -0.39 is 52.8 Å². The van der Waals surface area contributed by atoms with Crippen LogP contribution < -0.4 is 0 Å². The first-order valence-corrected chi connectivity index (χ1v) is 25.8. The van der Waals surface area contributed by atoms with Crippen LogP contribution in [0.1, 0.15) is 6.42 Å². The Labute approximate surface area is 186 Å². The molecule has 0 saturated carbocycles. The van der Waals surface area contributed by atoms with Gasteiger partial charge in [-0.2, -0.15) is 0 Å². The topological polar surface area (TPSA) is 78.9 Å². The predicted octanol–water partition coefficient (Wildman–Crippen LogP) is 4.14. The van der Waals surface area contributed by atoms with Crippen molar-refractivity contribution in [1.82, 2.24) is 0 Å². The number of rotatable bonds is 10. The quantitative estimate of drug-likeness (QED) is 0.198. The van der Waals surface area contributed by atoms with Gasteiger partial charge in [-0.1, -0.05) is 65.5 Å². The Kier molecular flexibility index (Phi) is 9.76. The second-order valence-corrected chi connectivity index (χ2v) is 51.8. The molecule has 0 aliphatic heterocycles. The normalized spacial score (nSPS) is 15.1. The van der Waals surface area contributed by atoms with Gasteiger partial charge in [0.05, 0.1) is 39.4 Å². The first kappa shape index (κ1) is 29.0. The smallest absolute Gasteiger partial charge is 0.333 e. The fourth-order valence-corrected chi connectivity index (χ4v) is 110. The molecule has 0 heterocycles. The Bertz CT molecular complexity index is 634. The van der Waals surface area contributed by atoms with Crippen LogP contribution in [-0.2, 0) is 28.6 Å². The zero-order chi connectivity index (χ0) is 24.3. The zero-order valence-corrected chi connectivity index (χ0v) is 25.0. The lowest BCUT2D eigenvalue weighted by molar-refractivity contribution is -0.152. The van der Waals surface area contributed by atoms with Gasteiger partial charge >= 0.3 is 17.9 Å². The molecule has 0 rings (SSSR count). The van der Waals surface area contributed by atoms with Gasteiger partial charge in [-0.05, 0) is 6.42 Å². The lowest BCUT2D eigenvalue weighted by atomic mass is 9.96. The Morgan fingerprint density at radius 2 is 1.07 bits per heavy atom. The number of carbonyl (C=O) groups is 3. The standard InChI is InChI=1S/C20H42O6Si4/c1-15(18(21)24-2)14-16(19(22)25-3)17(20(23)26-4)30(27(5,6)7,28(8,9)10)29(11,12)13/h16-17H,1,14H2,2-13H3/t16-,17+/m1/s1. The van der Waals surface area contributed by atoms with Crippen molar-refractivity contribution in [2.45, 2.75) is 70.9 Å². The molecule has 174 valence electrons. The van der Waals surface area contributed by atoms with E-state index in [2.05, 4.69) is 65.5 Å². The van der Waals surface area contributed by atoms with E-state index >= 15 is 0 Å². The first-order chi connectivity index (χ1) is 13.3. The highest BCUT2D eigenvalue weighted by atomic mass is 29.9. The molecule has 0 aliphatic rings. The minimum absolute atomic E-state index is 0.0350. The van der Waals surface area contributed by atoms with E-state index in [1.807, 2.05) is 0 Å². The number of hydrogen-bond acceptors (Lipinski definition) is 6. The molecule has 0 bridgehead atoms. The van der Waals surface area contributed by atoms with Crippen LogP contribution in [0.25, 0.3) is 0 Å². The van der Waals surface area contributed by atoms with E-state index in [-0.39, 0.29) is 18.0 Å². The third-order valence-corrected chi connectivity index (χ3v) is 79.6. The zero-order valence-electron chi connectivity index (χ0n) is 21.0. The maximum absolute atomic E-state index is 13.5. The predicted molar refractivity (Wildman–Crippen MR) is 133 cm³/mol. The Hall–Kier alpha value is -0.982. The van der Waals surface area contributed by atoms with Crippen LogP contribution in [0.2, 0.25) is 64.5 Å². The van der Waals surface area contributed by atoms with Gasteiger partial charge in [0.1, 0.15) is 0 Å². The summed E-state index contributed by atoms with van der Waals surface area (Å²) >= 11 is 0. The summed E-state index contributed by atoms with van der Waals surface area (Å²) in [5.74, 6) is -2.20. The molecule has 0 spiro atoms. The maximum Gasteiger partial charge on any atom is 0.333 e. The van der Waals surface area contributed by atoms with Crippen molar-refractivity contribution in [3.05, 3.63) is 12.2 Å². The molecule has 2 atom stereocenters. The number of esters is 3. The number of ether oxygens (including phenoxy) is 3. The molecule has 0 amide bonds. The maximum atomic E-state index is 13.5. The third-order valence-electron chi connectivity index (χ3n) is 6.32. The van der Waals surface area contributed by atoms with Gasteiger partial charge in [0.2, 0.25) is 0 Å². The largest absolute Gasteiger partial charge is 0.469 e. The Balaban J connectivity index is 7.29. The van der Waals surface area contributed by atoms with Gasteiger partial charge in [0.25, 0.3) is 0 Å². The van der Waals surface area contributed by atoms with Crippen molar-refractivity contribution in [3.63, 3.8) is 0 Å². The SMILES string of the molecule is C=C(C[C@@H](C(=O)OC)[C@@H](C(=O)OC)[Si]([Si](C)(C)C)([Si](C)(C)C)[Si](C)(C)C)C(=O)OC. The average Bonchev–Trinajstić information content (AvgIpc) is 2.58. The molecule has 0 aromatic rings. The van der Waals surface area contributed by atoms with Crippen molar-refractivity contribution in [3.8, 4) is 0 Å². The molecular weight excluding hydrogens is 449 g/mol. The highest BCUT2D eigenvalue weighted by molar-refractivity contribution is 7.90. The molecule has 0 radical (unpaired) electrons. The molecule has 0 saturated heterocycles. The van der Waals surface area contributed by atoms with Crippen LogP contribution in [-0.4, -0.2) is 68.6 Å². The fourth-order valence-electron chi connectivity index (χ4n) is 6.53. The van der Waals surface area contributed by atoms with Gasteiger partial charge in [-0.15, -0.1) is 0 Å². The summed E-state index contributed by atoms with van der Waals surface area (Å²) in [4.78, 5) is 38.7. The highest BCUT2D eigenvalue weighted by Crippen LogP contribution is 2.50. The second-order valence-electron chi connectivity index (χ2n) is 11.0. The molecule has 0 aliphatic carbocycles. The van der Waals surface area contributed by atoms with E-state index in [0.29, 0.717) is 0 Å². The van der Waals surface area contributed by atoms with Crippen molar-refractivity contribution in [1.29, 1.82) is 0 Å². The molecule has 0 N–H and O–H groups in total. The minimum Gasteiger partial charge on any atom is -0.469 e. The van der Waals surface area contributed by atoms with Gasteiger partial charge < -0.3 is 14.2 Å². The average molecular weight is 491 g/mol. The molecule has 0 aromatic heterocycles. The van der Waals surface area contributed by atoms with Crippen LogP contribution in [0, 0.1) is 5.92 Å². The van der Waals surface area contributed by atoms with Crippen molar-refractivity contribution in [2.75, 3.05) is 21.3 Å². The van der Waals surface area contributed by atoms with Crippen molar-refractivity contribution in [2.24, 2.45) is 5.92 Å². The van der Waals surface area contributed by atoms with Crippen LogP contribution in [0.15, 0.2) is 12.2 Å². The van der Waals surface area contributed by atoms with E-state index in [1.54, 1.807) is 0 Å². The monoisotopic (exact) mass is 490 g/mol. The van der Waals surface area contributed by atoms with Gasteiger partial charge in [-0.25, -0.2) is 4.79 Å². The number of methoxy groups -OCH3 is 3. The van der Waals surface area contributed by atoms with Gasteiger partial charge in [-0.3, -0.25) is 9.59 Å². The van der Waals surface area contributed by atoms with Crippen LogP contribution in [0.3, 0.4) is 0 Å². The summed E-state index contributed by atoms with van der Waals surface area (Å²) < 4.78 is 15.3. The molecule has 0 unspecified atom stereocenters. The van der Waals surface area contributed by atoms with E-state index in [1.165, 1.54) is 21.3 Å². The van der Waals surface area contributed by atoms with E-state index in [9.17, 15) is 14.4 Å². The van der Waals surface area contributed by atoms with Crippen molar-refractivity contribution >= 4 is 47.3 Å². The third kappa shape index (κ3) is 5.43. The number of hydrogen-bond donors (Lipinski definition) is 0. The summed E-state index contributed by atoms with van der Waals surface area (Å²) in [5, 5.41) is 0. The first-order valence-electron chi connectivity index (χ1n) is 10.3. The summed E-state index contributed by atoms with van der Waals surface area (Å²) in [7, 11) is -1.86. The highest BCUT2D eigenvalue weighted by Gasteiger charge is 2.69. The molecule has 0 aromatic carbocycles.